The minimum atomic E-state index is 0.231. The lowest BCUT2D eigenvalue weighted by atomic mass is 10.2. The van der Waals surface area contributed by atoms with Crippen LogP contribution in [-0.2, 0) is 0 Å². The second kappa shape index (κ2) is 8.31. The average molecular weight is 351 g/mol. The third-order valence-electron chi connectivity index (χ3n) is 3.67. The third kappa shape index (κ3) is 4.70. The van der Waals surface area contributed by atoms with Crippen LogP contribution in [0.15, 0.2) is 53.1 Å². The van der Waals surface area contributed by atoms with Gasteiger partial charge in [-0.05, 0) is 50.0 Å². The van der Waals surface area contributed by atoms with Crippen LogP contribution in [-0.4, -0.2) is 47.4 Å². The highest BCUT2D eigenvalue weighted by atomic mass is 16.5. The molecule has 0 unspecified atom stereocenters. The van der Waals surface area contributed by atoms with Gasteiger partial charge < -0.3 is 19.3 Å². The number of para-hydroxylation sites is 1. The van der Waals surface area contributed by atoms with Crippen molar-refractivity contribution >= 4 is 12.2 Å². The van der Waals surface area contributed by atoms with Crippen LogP contribution in [0.5, 0.6) is 11.5 Å². The quantitative estimate of drug-likeness (QED) is 0.702. The first kappa shape index (κ1) is 17.7. The number of benzene rings is 2. The van der Waals surface area contributed by atoms with Gasteiger partial charge in [0.1, 0.15) is 18.1 Å². The number of hydrogen-bond donors (Lipinski definition) is 1. The summed E-state index contributed by atoms with van der Waals surface area (Å²) < 4.78 is 11.2. The molecule has 0 radical (unpaired) electrons. The molecule has 1 heterocycles. The maximum absolute atomic E-state index is 9.31. The summed E-state index contributed by atoms with van der Waals surface area (Å²) in [6, 6.07) is 14.5. The summed E-state index contributed by atoms with van der Waals surface area (Å²) in [6.45, 7) is 1.39. The van der Waals surface area contributed by atoms with Crippen LogP contribution in [0.3, 0.4) is 0 Å². The number of likely N-dealkylation sites (N-methyl/N-ethyl adjacent to an activating group) is 1. The second-order valence-corrected chi connectivity index (χ2v) is 6.03. The molecule has 0 spiro atoms. The van der Waals surface area contributed by atoms with Crippen LogP contribution < -0.4 is 4.74 Å². The molecule has 0 aliphatic carbocycles. The number of aromatic nitrogens is 2. The Balaban J connectivity index is 1.74. The summed E-state index contributed by atoms with van der Waals surface area (Å²) in [4.78, 5) is 6.47. The van der Waals surface area contributed by atoms with E-state index in [2.05, 4.69) is 15.0 Å². The van der Waals surface area contributed by atoms with Gasteiger partial charge in [0.25, 0.3) is 5.89 Å². The van der Waals surface area contributed by atoms with Gasteiger partial charge in [0.2, 0.25) is 0 Å². The largest absolute Gasteiger partial charge is 0.508 e. The molecule has 0 aliphatic heterocycles. The maximum atomic E-state index is 9.31. The highest BCUT2D eigenvalue weighted by molar-refractivity contribution is 5.68. The minimum Gasteiger partial charge on any atom is -0.508 e. The second-order valence-electron chi connectivity index (χ2n) is 6.03. The van der Waals surface area contributed by atoms with Crippen molar-refractivity contribution in [1.82, 2.24) is 15.0 Å². The lowest BCUT2D eigenvalue weighted by Gasteiger charge is -2.12. The summed E-state index contributed by atoms with van der Waals surface area (Å²) in [5.74, 6) is 1.83. The molecule has 3 rings (SSSR count). The monoisotopic (exact) mass is 351 g/mol. The van der Waals surface area contributed by atoms with Crippen molar-refractivity contribution in [3.8, 4) is 23.0 Å². The first-order chi connectivity index (χ1) is 12.6. The summed E-state index contributed by atoms with van der Waals surface area (Å²) in [5.41, 5.74) is 1.70. The van der Waals surface area contributed by atoms with Gasteiger partial charge in [-0.2, -0.15) is 4.98 Å². The van der Waals surface area contributed by atoms with E-state index in [0.717, 1.165) is 17.7 Å². The van der Waals surface area contributed by atoms with E-state index in [0.29, 0.717) is 24.1 Å². The molecular formula is C20H21N3O3. The van der Waals surface area contributed by atoms with Gasteiger partial charge in [-0.3, -0.25) is 0 Å². The van der Waals surface area contributed by atoms with Crippen molar-refractivity contribution in [3.63, 3.8) is 0 Å². The van der Waals surface area contributed by atoms with Gasteiger partial charge in [-0.15, -0.1) is 0 Å². The lowest BCUT2D eigenvalue weighted by Crippen LogP contribution is -2.19. The Labute approximate surface area is 152 Å². The maximum Gasteiger partial charge on any atom is 0.261 e. The van der Waals surface area contributed by atoms with Crippen molar-refractivity contribution in [2.45, 2.75) is 0 Å². The number of hydrogen-bond acceptors (Lipinski definition) is 6. The predicted octanol–water partition coefficient (Wildman–Crippen LogP) is 3.55. The zero-order chi connectivity index (χ0) is 18.4. The number of ether oxygens (including phenoxy) is 1. The third-order valence-corrected chi connectivity index (χ3v) is 3.67. The van der Waals surface area contributed by atoms with Crippen molar-refractivity contribution in [2.24, 2.45) is 0 Å². The number of phenols is 1. The molecule has 6 nitrogen and oxygen atoms in total. The fourth-order valence-electron chi connectivity index (χ4n) is 2.28. The van der Waals surface area contributed by atoms with Crippen molar-refractivity contribution in [2.75, 3.05) is 27.2 Å². The molecule has 0 fully saturated rings. The van der Waals surface area contributed by atoms with Crippen molar-refractivity contribution in [3.05, 3.63) is 59.9 Å². The number of aromatic hydroxyl groups is 1. The van der Waals surface area contributed by atoms with E-state index in [4.69, 9.17) is 9.26 Å². The first-order valence-electron chi connectivity index (χ1n) is 8.29. The lowest BCUT2D eigenvalue weighted by molar-refractivity contribution is 0.261. The van der Waals surface area contributed by atoms with Crippen LogP contribution in [0.2, 0.25) is 0 Å². The van der Waals surface area contributed by atoms with E-state index in [1.54, 1.807) is 30.3 Å². The Hall–Kier alpha value is -3.12. The molecule has 3 aromatic rings. The number of rotatable bonds is 7. The SMILES string of the molecule is CN(C)CCOc1ccccc1-c1nc(C=Cc2ccc(O)cc2)no1. The summed E-state index contributed by atoms with van der Waals surface area (Å²) >= 11 is 0. The van der Waals surface area contributed by atoms with Crippen LogP contribution in [0.4, 0.5) is 0 Å². The van der Waals surface area contributed by atoms with Gasteiger partial charge >= 0.3 is 0 Å². The highest BCUT2D eigenvalue weighted by Gasteiger charge is 2.12. The van der Waals surface area contributed by atoms with E-state index in [-0.39, 0.29) is 5.75 Å². The predicted molar refractivity (Wildman–Crippen MR) is 101 cm³/mol. The first-order valence-corrected chi connectivity index (χ1v) is 8.29. The molecule has 134 valence electrons. The molecule has 6 heteroatoms. The van der Waals surface area contributed by atoms with Crippen LogP contribution >= 0.6 is 0 Å². The molecule has 0 bridgehead atoms. The molecule has 0 saturated heterocycles. The van der Waals surface area contributed by atoms with Gasteiger partial charge in [0.15, 0.2) is 5.82 Å². The fraction of sp³-hybridized carbons (Fsp3) is 0.200. The van der Waals surface area contributed by atoms with Gasteiger partial charge in [-0.1, -0.05) is 35.5 Å². The standard InChI is InChI=1S/C20H21N3O3/c1-23(2)13-14-25-18-6-4-3-5-17(18)20-21-19(22-26-20)12-9-15-7-10-16(24)11-8-15/h3-12,24H,13-14H2,1-2H3. The molecule has 0 atom stereocenters. The molecule has 1 N–H and O–H groups in total. The van der Waals surface area contributed by atoms with E-state index in [1.165, 1.54) is 0 Å². The number of nitrogens with zero attached hydrogens (tertiary/aromatic N) is 3. The molecule has 0 saturated carbocycles. The molecule has 26 heavy (non-hydrogen) atoms. The Bertz CT molecular complexity index is 870. The zero-order valence-corrected chi connectivity index (χ0v) is 14.8. The summed E-state index contributed by atoms with van der Waals surface area (Å²) in [7, 11) is 4.00. The fourth-order valence-corrected chi connectivity index (χ4v) is 2.28. The molecule has 2 aromatic carbocycles. The molecule has 0 amide bonds. The van der Waals surface area contributed by atoms with Crippen LogP contribution in [0, 0.1) is 0 Å². The molecular weight excluding hydrogens is 330 g/mol. The Morgan fingerprint density at radius 2 is 1.85 bits per heavy atom. The Morgan fingerprint density at radius 1 is 1.08 bits per heavy atom. The Morgan fingerprint density at radius 3 is 2.62 bits per heavy atom. The Kier molecular flexibility index (Phi) is 5.66. The molecule has 0 aliphatic rings. The van der Waals surface area contributed by atoms with Gasteiger partial charge in [0.05, 0.1) is 5.56 Å². The smallest absolute Gasteiger partial charge is 0.261 e. The topological polar surface area (TPSA) is 71.6 Å². The van der Waals surface area contributed by atoms with Crippen LogP contribution in [0.25, 0.3) is 23.6 Å². The van der Waals surface area contributed by atoms with Crippen molar-refractivity contribution < 1.29 is 14.4 Å². The van der Waals surface area contributed by atoms with Crippen LogP contribution in [0.1, 0.15) is 11.4 Å². The van der Waals surface area contributed by atoms with E-state index < -0.39 is 0 Å². The summed E-state index contributed by atoms with van der Waals surface area (Å²) in [6.07, 6.45) is 3.61. The van der Waals surface area contributed by atoms with Crippen molar-refractivity contribution in [1.29, 1.82) is 0 Å². The number of phenolic OH excluding ortho intramolecular Hbond substituents is 1. The van der Waals surface area contributed by atoms with E-state index in [9.17, 15) is 5.11 Å². The zero-order valence-electron chi connectivity index (χ0n) is 14.8. The van der Waals surface area contributed by atoms with E-state index >= 15 is 0 Å². The van der Waals surface area contributed by atoms with Gasteiger partial charge in [-0.25, -0.2) is 0 Å². The minimum absolute atomic E-state index is 0.231. The average Bonchev–Trinajstić information content (AvgIpc) is 3.10. The highest BCUT2D eigenvalue weighted by Crippen LogP contribution is 2.28. The van der Waals surface area contributed by atoms with Gasteiger partial charge in [0, 0.05) is 6.54 Å². The normalized spacial score (nSPS) is 11.3. The summed E-state index contributed by atoms with van der Waals surface area (Å²) in [5, 5.41) is 13.3. The van der Waals surface area contributed by atoms with E-state index in [1.807, 2.05) is 44.4 Å². The molecule has 1 aromatic heterocycles.